The minimum atomic E-state index is -0.833. The van der Waals surface area contributed by atoms with Crippen molar-refractivity contribution < 1.29 is 14.3 Å². The van der Waals surface area contributed by atoms with Crippen LogP contribution in [0.3, 0.4) is 0 Å². The molecule has 0 saturated carbocycles. The molecule has 0 bridgehead atoms. The van der Waals surface area contributed by atoms with Crippen molar-refractivity contribution in [3.8, 4) is 5.75 Å². The van der Waals surface area contributed by atoms with Crippen LogP contribution in [0.15, 0.2) is 58.1 Å². The number of benzene rings is 2. The first-order valence-electron chi connectivity index (χ1n) is 7.67. The molecule has 2 aromatic rings. The lowest BCUT2D eigenvalue weighted by atomic mass is 10.2. The number of hydrazone groups is 1. The predicted molar refractivity (Wildman–Crippen MR) is 99.3 cm³/mol. The fourth-order valence-corrected chi connectivity index (χ4v) is 2.36. The molecule has 0 heterocycles. The molecule has 0 atom stereocenters. The highest BCUT2D eigenvalue weighted by Gasteiger charge is 2.12. The van der Waals surface area contributed by atoms with Crippen LogP contribution in [0, 0.1) is 0 Å². The maximum Gasteiger partial charge on any atom is 0.329 e. The zero-order valence-electron chi connectivity index (χ0n) is 13.7. The van der Waals surface area contributed by atoms with Gasteiger partial charge in [-0.2, -0.15) is 5.10 Å². The minimum absolute atomic E-state index is 0.275. The van der Waals surface area contributed by atoms with Crippen LogP contribution < -0.4 is 15.5 Å². The van der Waals surface area contributed by atoms with Crippen LogP contribution >= 0.6 is 15.9 Å². The van der Waals surface area contributed by atoms with Gasteiger partial charge in [-0.3, -0.25) is 9.59 Å². The summed E-state index contributed by atoms with van der Waals surface area (Å²) in [5.74, 6) is -0.947. The zero-order chi connectivity index (χ0) is 18.1. The number of carbonyl (C=O) groups excluding carboxylic acids is 2. The van der Waals surface area contributed by atoms with Crippen LogP contribution in [-0.2, 0) is 16.1 Å². The van der Waals surface area contributed by atoms with Gasteiger partial charge in [-0.15, -0.1) is 0 Å². The maximum atomic E-state index is 11.8. The van der Waals surface area contributed by atoms with Crippen LogP contribution in [0.4, 0.5) is 0 Å². The summed E-state index contributed by atoms with van der Waals surface area (Å²) < 4.78 is 6.33. The molecule has 0 saturated heterocycles. The smallest absolute Gasteiger partial charge is 0.329 e. The Balaban J connectivity index is 1.89. The number of nitrogens with one attached hydrogen (secondary N) is 2. The van der Waals surface area contributed by atoms with Crippen molar-refractivity contribution in [3.63, 3.8) is 0 Å². The normalized spacial score (nSPS) is 10.5. The number of nitrogens with zero attached hydrogens (tertiary/aromatic N) is 1. The van der Waals surface area contributed by atoms with Crippen LogP contribution in [-0.4, -0.2) is 24.6 Å². The van der Waals surface area contributed by atoms with Gasteiger partial charge in [0.2, 0.25) is 0 Å². The molecule has 0 fully saturated rings. The molecular weight excluding hydrogens is 386 g/mol. The summed E-state index contributed by atoms with van der Waals surface area (Å²) in [4.78, 5) is 23.5. The van der Waals surface area contributed by atoms with Gasteiger partial charge < -0.3 is 10.1 Å². The van der Waals surface area contributed by atoms with Crippen molar-refractivity contribution in [2.24, 2.45) is 5.10 Å². The molecule has 0 aromatic heterocycles. The second-order valence-corrected chi connectivity index (χ2v) is 5.90. The van der Waals surface area contributed by atoms with Crippen molar-refractivity contribution in [1.29, 1.82) is 0 Å². The van der Waals surface area contributed by atoms with E-state index in [-0.39, 0.29) is 6.54 Å². The van der Waals surface area contributed by atoms with E-state index in [0.29, 0.717) is 17.9 Å². The molecule has 2 amide bonds. The summed E-state index contributed by atoms with van der Waals surface area (Å²) in [6.45, 7) is 2.66. The van der Waals surface area contributed by atoms with Gasteiger partial charge in [0.25, 0.3) is 0 Å². The standard InChI is InChI=1S/C18H18BrN3O3/c1-2-25-16-9-8-15(19)10-14(16)12-21-22-18(24)17(23)20-11-13-6-4-3-5-7-13/h3-10,12H,2,11H2,1H3,(H,20,23)(H,22,24)/b21-12-. The second-order valence-electron chi connectivity index (χ2n) is 4.98. The molecule has 0 radical (unpaired) electrons. The molecule has 0 aliphatic carbocycles. The van der Waals surface area contributed by atoms with Crippen LogP contribution in [0.5, 0.6) is 5.75 Å². The highest BCUT2D eigenvalue weighted by Crippen LogP contribution is 2.21. The summed E-state index contributed by atoms with van der Waals surface area (Å²) in [6.07, 6.45) is 1.43. The lowest BCUT2D eigenvalue weighted by Gasteiger charge is -2.07. The quantitative estimate of drug-likeness (QED) is 0.441. The number of hydrogen-bond donors (Lipinski definition) is 2. The third-order valence-electron chi connectivity index (χ3n) is 3.14. The summed E-state index contributed by atoms with van der Waals surface area (Å²) in [7, 11) is 0. The van der Waals surface area contributed by atoms with Gasteiger partial charge in [-0.1, -0.05) is 46.3 Å². The molecule has 0 unspecified atom stereocenters. The molecule has 2 N–H and O–H groups in total. The third-order valence-corrected chi connectivity index (χ3v) is 3.64. The Hall–Kier alpha value is -2.67. The van der Waals surface area contributed by atoms with Gasteiger partial charge in [-0.25, -0.2) is 5.43 Å². The largest absolute Gasteiger partial charge is 0.493 e. The highest BCUT2D eigenvalue weighted by molar-refractivity contribution is 9.10. The Morgan fingerprint density at radius 2 is 1.92 bits per heavy atom. The van der Waals surface area contributed by atoms with Crippen molar-refractivity contribution in [1.82, 2.24) is 10.7 Å². The average molecular weight is 404 g/mol. The molecule has 7 heteroatoms. The summed E-state index contributed by atoms with van der Waals surface area (Å²) in [5, 5.41) is 6.35. The Morgan fingerprint density at radius 3 is 2.64 bits per heavy atom. The van der Waals surface area contributed by atoms with E-state index >= 15 is 0 Å². The number of rotatable bonds is 6. The van der Waals surface area contributed by atoms with Gasteiger partial charge >= 0.3 is 11.8 Å². The minimum Gasteiger partial charge on any atom is -0.493 e. The van der Waals surface area contributed by atoms with Gasteiger partial charge in [0, 0.05) is 16.6 Å². The topological polar surface area (TPSA) is 79.8 Å². The Labute approximate surface area is 154 Å². The third kappa shape index (κ3) is 6.04. The first-order valence-corrected chi connectivity index (χ1v) is 8.47. The van der Waals surface area contributed by atoms with Gasteiger partial charge in [0.1, 0.15) is 5.75 Å². The lowest BCUT2D eigenvalue weighted by Crippen LogP contribution is -2.37. The maximum absolute atomic E-state index is 11.8. The van der Waals surface area contributed by atoms with E-state index in [9.17, 15) is 9.59 Å². The van der Waals surface area contributed by atoms with E-state index in [1.807, 2.05) is 43.3 Å². The second kappa shape index (κ2) is 9.58. The lowest BCUT2D eigenvalue weighted by molar-refractivity contribution is -0.139. The SMILES string of the molecule is CCOc1ccc(Br)cc1/C=N\NC(=O)C(=O)NCc1ccccc1. The van der Waals surface area contributed by atoms with E-state index in [0.717, 1.165) is 10.0 Å². The predicted octanol–water partition coefficient (Wildman–Crippen LogP) is 2.61. The van der Waals surface area contributed by atoms with Crippen LogP contribution in [0.2, 0.25) is 0 Å². The number of hydrogen-bond acceptors (Lipinski definition) is 4. The number of amides is 2. The van der Waals surface area contributed by atoms with E-state index in [1.165, 1.54) is 6.21 Å². The molecule has 0 aliphatic rings. The molecule has 6 nitrogen and oxygen atoms in total. The Morgan fingerprint density at radius 1 is 1.16 bits per heavy atom. The van der Waals surface area contributed by atoms with Gasteiger partial charge in [-0.05, 0) is 30.7 Å². The molecule has 2 rings (SSSR count). The highest BCUT2D eigenvalue weighted by atomic mass is 79.9. The fraction of sp³-hybridized carbons (Fsp3) is 0.167. The zero-order valence-corrected chi connectivity index (χ0v) is 15.2. The molecular formula is C18H18BrN3O3. The molecule has 2 aromatic carbocycles. The monoisotopic (exact) mass is 403 g/mol. The van der Waals surface area contributed by atoms with E-state index in [1.54, 1.807) is 12.1 Å². The van der Waals surface area contributed by atoms with Crippen molar-refractivity contribution in [2.75, 3.05) is 6.61 Å². The molecule has 0 aliphatic heterocycles. The summed E-state index contributed by atoms with van der Waals surface area (Å²) in [5.41, 5.74) is 3.79. The van der Waals surface area contributed by atoms with Gasteiger partial charge in [0.05, 0.1) is 12.8 Å². The average Bonchev–Trinajstić information content (AvgIpc) is 2.62. The fourth-order valence-electron chi connectivity index (χ4n) is 1.98. The van der Waals surface area contributed by atoms with Crippen molar-refractivity contribution in [2.45, 2.75) is 13.5 Å². The number of carbonyl (C=O) groups is 2. The number of halogens is 1. The van der Waals surface area contributed by atoms with Crippen molar-refractivity contribution in [3.05, 3.63) is 64.1 Å². The molecule has 130 valence electrons. The first-order chi connectivity index (χ1) is 12.1. The van der Waals surface area contributed by atoms with Crippen molar-refractivity contribution >= 4 is 34.0 Å². The van der Waals surface area contributed by atoms with E-state index in [4.69, 9.17) is 4.74 Å². The number of ether oxygens (including phenoxy) is 1. The van der Waals surface area contributed by atoms with Crippen LogP contribution in [0.1, 0.15) is 18.1 Å². The van der Waals surface area contributed by atoms with Crippen LogP contribution in [0.25, 0.3) is 0 Å². The first kappa shape index (κ1) is 18.7. The van der Waals surface area contributed by atoms with E-state index in [2.05, 4.69) is 31.8 Å². The van der Waals surface area contributed by atoms with E-state index < -0.39 is 11.8 Å². The molecule has 0 spiro atoms. The summed E-state index contributed by atoms with van der Waals surface area (Å²) >= 11 is 3.37. The molecule has 25 heavy (non-hydrogen) atoms. The Bertz CT molecular complexity index is 763. The Kier molecular flexibility index (Phi) is 7.16. The van der Waals surface area contributed by atoms with Gasteiger partial charge in [0.15, 0.2) is 0 Å². The summed E-state index contributed by atoms with van der Waals surface area (Å²) in [6, 6.07) is 14.8.